The van der Waals surface area contributed by atoms with Crippen molar-refractivity contribution in [2.75, 3.05) is 38.1 Å². The highest BCUT2D eigenvalue weighted by molar-refractivity contribution is 5.92. The molecule has 0 unspecified atom stereocenters. The van der Waals surface area contributed by atoms with Crippen LogP contribution < -0.4 is 15.8 Å². The molecule has 0 bridgehead atoms. The van der Waals surface area contributed by atoms with Gasteiger partial charge < -0.3 is 15.2 Å². The average molecular weight is 446 g/mol. The van der Waals surface area contributed by atoms with Crippen molar-refractivity contribution in [1.29, 1.82) is 0 Å². The summed E-state index contributed by atoms with van der Waals surface area (Å²) < 4.78 is 43.8. The van der Waals surface area contributed by atoms with Crippen LogP contribution in [0.25, 0.3) is 11.0 Å². The van der Waals surface area contributed by atoms with E-state index in [0.29, 0.717) is 26.2 Å². The van der Waals surface area contributed by atoms with E-state index in [4.69, 9.17) is 0 Å². The van der Waals surface area contributed by atoms with Crippen LogP contribution in [0.5, 0.6) is 0 Å². The fourth-order valence-electron chi connectivity index (χ4n) is 3.73. The van der Waals surface area contributed by atoms with Crippen molar-refractivity contribution < 1.29 is 18.0 Å². The monoisotopic (exact) mass is 446 g/mol. The average Bonchev–Trinajstić information content (AvgIpc) is 2.78. The van der Waals surface area contributed by atoms with E-state index in [0.717, 1.165) is 6.07 Å². The van der Waals surface area contributed by atoms with Gasteiger partial charge in [0.05, 0.1) is 5.69 Å². The third-order valence-corrected chi connectivity index (χ3v) is 5.51. The highest BCUT2D eigenvalue weighted by Crippen LogP contribution is 2.24. The van der Waals surface area contributed by atoms with Crippen LogP contribution in [-0.2, 0) is 6.54 Å². The smallest absolute Gasteiger partial charge is 0.269 e. The summed E-state index contributed by atoms with van der Waals surface area (Å²) in [5.74, 6) is -2.64. The number of nitrogens with one attached hydrogen (secondary N) is 2. The molecule has 0 saturated carbocycles. The summed E-state index contributed by atoms with van der Waals surface area (Å²) in [6.07, 6.45) is 0. The van der Waals surface area contributed by atoms with E-state index in [1.54, 1.807) is 4.90 Å². The van der Waals surface area contributed by atoms with Crippen LogP contribution in [0.2, 0.25) is 0 Å². The van der Waals surface area contributed by atoms with Crippen molar-refractivity contribution in [2.45, 2.75) is 13.5 Å². The van der Waals surface area contributed by atoms with E-state index >= 15 is 0 Å². The van der Waals surface area contributed by atoms with E-state index < -0.39 is 29.0 Å². The molecule has 2 aromatic heterocycles. The van der Waals surface area contributed by atoms with E-state index in [1.807, 2.05) is 4.90 Å². The molecule has 3 aromatic rings. The number of amides is 1. The molecule has 1 aliphatic rings. The molecule has 4 rings (SSSR count). The number of aryl methyl sites for hydroxylation is 1. The maximum Gasteiger partial charge on any atom is 0.269 e. The third-order valence-electron chi connectivity index (χ3n) is 5.51. The Balaban J connectivity index is 1.48. The van der Waals surface area contributed by atoms with Gasteiger partial charge in [0.1, 0.15) is 28.2 Å². The fraction of sp³-hybridized carbons (Fsp3) is 0.333. The summed E-state index contributed by atoms with van der Waals surface area (Å²) in [5.41, 5.74) is -0.570. The Kier molecular flexibility index (Phi) is 5.83. The highest BCUT2D eigenvalue weighted by Gasteiger charge is 2.23. The molecule has 3 heterocycles. The predicted octanol–water partition coefficient (Wildman–Crippen LogP) is 1.73. The lowest BCUT2D eigenvalue weighted by molar-refractivity contribution is 0.0957. The Hall–Kier alpha value is -3.47. The summed E-state index contributed by atoms with van der Waals surface area (Å²) in [6.45, 7) is 3.42. The number of hydrogen-bond acceptors (Lipinski definition) is 6. The van der Waals surface area contributed by atoms with Gasteiger partial charge in [-0.15, -0.1) is 0 Å². The molecule has 32 heavy (non-hydrogen) atoms. The number of anilines is 1. The number of aromatic nitrogens is 3. The van der Waals surface area contributed by atoms with E-state index in [2.05, 4.69) is 20.3 Å². The molecular weight excluding hydrogens is 425 g/mol. The summed E-state index contributed by atoms with van der Waals surface area (Å²) in [5, 5.41) is 2.39. The number of rotatable bonds is 4. The number of aromatic amines is 1. The molecule has 1 fully saturated rings. The van der Waals surface area contributed by atoms with Crippen LogP contribution in [0.1, 0.15) is 21.7 Å². The summed E-state index contributed by atoms with van der Waals surface area (Å²) in [7, 11) is 1.44. The zero-order valence-corrected chi connectivity index (χ0v) is 17.5. The first-order valence-electron chi connectivity index (χ1n) is 10.0. The third kappa shape index (κ3) is 4.03. The van der Waals surface area contributed by atoms with Crippen LogP contribution in [0.15, 0.2) is 23.0 Å². The number of halogens is 3. The fourth-order valence-corrected chi connectivity index (χ4v) is 3.73. The Morgan fingerprint density at radius 2 is 1.88 bits per heavy atom. The molecule has 0 aliphatic carbocycles. The van der Waals surface area contributed by atoms with Gasteiger partial charge >= 0.3 is 0 Å². The quantitative estimate of drug-likeness (QED) is 0.593. The normalized spacial score (nSPS) is 14.7. The first-order chi connectivity index (χ1) is 15.3. The molecule has 8 nitrogen and oxygen atoms in total. The first-order valence-corrected chi connectivity index (χ1v) is 10.0. The Labute approximate surface area is 181 Å². The molecule has 1 saturated heterocycles. The summed E-state index contributed by atoms with van der Waals surface area (Å²) in [6, 6.07) is 4.03. The molecule has 0 atom stereocenters. The van der Waals surface area contributed by atoms with Crippen LogP contribution >= 0.6 is 0 Å². The standard InChI is InChI=1S/C21H21F3N6O2/c1-11-20(31)28-17-13(22)9-12(16(23)18(17)26-11)10-29-5-7-30(8-6-29)15-4-3-14(21(32)25-2)27-19(15)24/h3-4,9H,5-8,10H2,1-2H3,(H,25,32)(H,28,31). The minimum atomic E-state index is -0.746. The van der Waals surface area contributed by atoms with Gasteiger partial charge in [-0.05, 0) is 25.1 Å². The second kappa shape index (κ2) is 8.58. The zero-order chi connectivity index (χ0) is 23.0. The van der Waals surface area contributed by atoms with Crippen LogP contribution in [-0.4, -0.2) is 59.0 Å². The van der Waals surface area contributed by atoms with Gasteiger partial charge in [-0.2, -0.15) is 4.39 Å². The molecular formula is C21H21F3N6O2. The molecule has 11 heteroatoms. The second-order valence-electron chi connectivity index (χ2n) is 7.56. The van der Waals surface area contributed by atoms with Gasteiger partial charge in [-0.1, -0.05) is 0 Å². The maximum atomic E-state index is 15.0. The lowest BCUT2D eigenvalue weighted by atomic mass is 10.1. The second-order valence-corrected chi connectivity index (χ2v) is 7.56. The molecule has 0 radical (unpaired) electrons. The Bertz CT molecular complexity index is 1250. The number of benzene rings is 1. The van der Waals surface area contributed by atoms with Crippen LogP contribution in [0, 0.1) is 24.5 Å². The summed E-state index contributed by atoms with van der Waals surface area (Å²) >= 11 is 0. The van der Waals surface area contributed by atoms with Gasteiger partial charge in [0, 0.05) is 45.3 Å². The molecule has 1 amide bonds. The van der Waals surface area contributed by atoms with Crippen LogP contribution in [0.3, 0.4) is 0 Å². The van der Waals surface area contributed by atoms with Gasteiger partial charge in [0.15, 0.2) is 5.82 Å². The van der Waals surface area contributed by atoms with Crippen molar-refractivity contribution in [2.24, 2.45) is 0 Å². The minimum absolute atomic E-state index is 0.00798. The topological polar surface area (TPSA) is 94.2 Å². The molecule has 0 spiro atoms. The van der Waals surface area contributed by atoms with E-state index in [9.17, 15) is 22.8 Å². The zero-order valence-electron chi connectivity index (χ0n) is 17.5. The number of fused-ring (bicyclic) bond motifs is 1. The number of nitrogens with zero attached hydrogens (tertiary/aromatic N) is 4. The number of hydrogen-bond donors (Lipinski definition) is 2. The maximum absolute atomic E-state index is 15.0. The number of H-pyrrole nitrogens is 1. The molecule has 1 aliphatic heterocycles. The van der Waals surface area contributed by atoms with E-state index in [-0.39, 0.29) is 40.2 Å². The number of carbonyl (C=O) groups excluding carboxylic acids is 1. The molecule has 168 valence electrons. The first kappa shape index (κ1) is 21.8. The Morgan fingerprint density at radius 3 is 2.53 bits per heavy atom. The molecule has 1 aromatic carbocycles. The van der Waals surface area contributed by atoms with Gasteiger partial charge in [0.25, 0.3) is 11.5 Å². The lowest BCUT2D eigenvalue weighted by Crippen LogP contribution is -2.46. The van der Waals surface area contributed by atoms with Crippen molar-refractivity contribution in [3.05, 3.63) is 63.1 Å². The number of pyridine rings is 1. The number of carbonyl (C=O) groups is 1. The largest absolute Gasteiger partial charge is 0.365 e. The lowest BCUT2D eigenvalue weighted by Gasteiger charge is -2.36. The van der Waals surface area contributed by atoms with Crippen molar-refractivity contribution in [3.8, 4) is 0 Å². The minimum Gasteiger partial charge on any atom is -0.365 e. The molecule has 2 N–H and O–H groups in total. The SMILES string of the molecule is CNC(=O)c1ccc(N2CCN(Cc3cc(F)c4[nH]c(=O)c(C)nc4c3F)CC2)c(F)n1. The van der Waals surface area contributed by atoms with Crippen molar-refractivity contribution >= 4 is 22.6 Å². The van der Waals surface area contributed by atoms with Crippen molar-refractivity contribution in [1.82, 2.24) is 25.2 Å². The summed E-state index contributed by atoms with van der Waals surface area (Å²) in [4.78, 5) is 36.9. The van der Waals surface area contributed by atoms with Gasteiger partial charge in [0.2, 0.25) is 5.95 Å². The number of piperazine rings is 1. The predicted molar refractivity (Wildman–Crippen MR) is 112 cm³/mol. The van der Waals surface area contributed by atoms with E-state index in [1.165, 1.54) is 26.1 Å². The highest BCUT2D eigenvalue weighted by atomic mass is 19.1. The van der Waals surface area contributed by atoms with Crippen molar-refractivity contribution in [3.63, 3.8) is 0 Å². The van der Waals surface area contributed by atoms with Gasteiger partial charge in [-0.3, -0.25) is 14.5 Å². The Morgan fingerprint density at radius 1 is 1.16 bits per heavy atom. The van der Waals surface area contributed by atoms with Gasteiger partial charge in [-0.25, -0.2) is 18.7 Å². The van der Waals surface area contributed by atoms with Crippen LogP contribution in [0.4, 0.5) is 18.9 Å².